The highest BCUT2D eigenvalue weighted by atomic mass is 35.5. The van der Waals surface area contributed by atoms with E-state index in [4.69, 9.17) is 23.2 Å². The second kappa shape index (κ2) is 7.52. The molecule has 0 spiro atoms. The number of benzene rings is 2. The maximum Gasteiger partial charge on any atom is 0.225 e. The number of halogens is 2. The van der Waals surface area contributed by atoms with E-state index in [9.17, 15) is 0 Å². The topological polar surface area (TPSA) is 49.8 Å². The van der Waals surface area contributed by atoms with E-state index in [1.807, 2.05) is 36.4 Å². The summed E-state index contributed by atoms with van der Waals surface area (Å²) in [6, 6.07) is 17.2. The molecule has 2 aromatic carbocycles. The first kappa shape index (κ1) is 18.5. The minimum atomic E-state index is -0.161. The minimum absolute atomic E-state index is 0.161. The van der Waals surface area contributed by atoms with Gasteiger partial charge in [0.15, 0.2) is 0 Å². The van der Waals surface area contributed by atoms with Crippen molar-refractivity contribution in [2.75, 3.05) is 10.6 Å². The van der Waals surface area contributed by atoms with Gasteiger partial charge in [-0.3, -0.25) is 0 Å². The van der Waals surface area contributed by atoms with Crippen LogP contribution in [0.25, 0.3) is 11.3 Å². The van der Waals surface area contributed by atoms with Crippen LogP contribution in [0.3, 0.4) is 0 Å². The molecule has 0 bridgehead atoms. The van der Waals surface area contributed by atoms with E-state index in [-0.39, 0.29) is 5.54 Å². The minimum Gasteiger partial charge on any atom is -0.350 e. The second-order valence-electron chi connectivity index (χ2n) is 6.99. The summed E-state index contributed by atoms with van der Waals surface area (Å²) in [6.45, 7) is 6.19. The zero-order chi connectivity index (χ0) is 18.7. The molecule has 2 N–H and O–H groups in total. The van der Waals surface area contributed by atoms with Crippen molar-refractivity contribution < 1.29 is 0 Å². The van der Waals surface area contributed by atoms with Crippen molar-refractivity contribution in [1.29, 1.82) is 0 Å². The summed E-state index contributed by atoms with van der Waals surface area (Å²) in [5, 5.41) is 7.71. The zero-order valence-electron chi connectivity index (χ0n) is 14.8. The highest BCUT2D eigenvalue weighted by Gasteiger charge is 2.14. The van der Waals surface area contributed by atoms with Crippen molar-refractivity contribution in [2.24, 2.45) is 0 Å². The second-order valence-corrected chi connectivity index (χ2v) is 7.86. The fourth-order valence-electron chi connectivity index (χ4n) is 2.43. The van der Waals surface area contributed by atoms with Crippen molar-refractivity contribution in [3.05, 3.63) is 64.6 Å². The summed E-state index contributed by atoms with van der Waals surface area (Å²) in [4.78, 5) is 9.23. The Hall–Kier alpha value is -2.30. The third kappa shape index (κ3) is 5.10. The van der Waals surface area contributed by atoms with Gasteiger partial charge < -0.3 is 10.6 Å². The molecule has 0 fully saturated rings. The summed E-state index contributed by atoms with van der Waals surface area (Å²) < 4.78 is 0. The Bertz CT molecular complexity index is 885. The summed E-state index contributed by atoms with van der Waals surface area (Å²) in [6.07, 6.45) is 0. The van der Waals surface area contributed by atoms with Crippen LogP contribution < -0.4 is 10.6 Å². The number of hydrogen-bond acceptors (Lipinski definition) is 4. The van der Waals surface area contributed by atoms with Crippen LogP contribution in [0.5, 0.6) is 0 Å². The number of nitrogens with one attached hydrogen (secondary N) is 2. The molecular weight excluding hydrogens is 367 g/mol. The van der Waals surface area contributed by atoms with Crippen molar-refractivity contribution >= 4 is 40.7 Å². The average molecular weight is 387 g/mol. The maximum absolute atomic E-state index is 6.09. The zero-order valence-corrected chi connectivity index (χ0v) is 16.4. The monoisotopic (exact) mass is 386 g/mol. The standard InChI is InChI=1S/C20H20Cl2N4/c1-20(2,3)26-19-24-17(13-7-5-4-6-8-13)12-18(25-19)23-16-10-14(21)9-15(22)11-16/h4-12H,1-3H3,(H2,23,24,25,26). The first-order valence-electron chi connectivity index (χ1n) is 8.24. The molecule has 1 heterocycles. The van der Waals surface area contributed by atoms with Crippen LogP contribution in [0.4, 0.5) is 17.5 Å². The van der Waals surface area contributed by atoms with E-state index >= 15 is 0 Å². The van der Waals surface area contributed by atoms with Crippen LogP contribution in [0.1, 0.15) is 20.8 Å². The Kier molecular flexibility index (Phi) is 5.35. The largest absolute Gasteiger partial charge is 0.350 e. The number of rotatable bonds is 4. The number of anilines is 3. The summed E-state index contributed by atoms with van der Waals surface area (Å²) in [5.74, 6) is 1.21. The van der Waals surface area contributed by atoms with Gasteiger partial charge >= 0.3 is 0 Å². The maximum atomic E-state index is 6.09. The first-order valence-corrected chi connectivity index (χ1v) is 9.00. The third-order valence-corrected chi connectivity index (χ3v) is 3.85. The molecule has 4 nitrogen and oxygen atoms in total. The molecule has 0 radical (unpaired) electrons. The van der Waals surface area contributed by atoms with Crippen molar-refractivity contribution in [3.8, 4) is 11.3 Å². The van der Waals surface area contributed by atoms with Gasteiger partial charge in [0.2, 0.25) is 5.95 Å². The fraction of sp³-hybridized carbons (Fsp3) is 0.200. The Morgan fingerprint density at radius 2 is 1.50 bits per heavy atom. The van der Waals surface area contributed by atoms with E-state index in [0.29, 0.717) is 21.8 Å². The van der Waals surface area contributed by atoms with Gasteiger partial charge in [-0.05, 0) is 39.0 Å². The summed E-state index contributed by atoms with van der Waals surface area (Å²) in [5.41, 5.74) is 2.44. The molecule has 0 aliphatic heterocycles. The summed E-state index contributed by atoms with van der Waals surface area (Å²) >= 11 is 12.2. The van der Waals surface area contributed by atoms with Gasteiger partial charge in [-0.15, -0.1) is 0 Å². The van der Waals surface area contributed by atoms with Gasteiger partial charge in [0.1, 0.15) is 5.82 Å². The van der Waals surface area contributed by atoms with Gasteiger partial charge in [0, 0.05) is 32.9 Å². The predicted molar refractivity (Wildman–Crippen MR) is 111 cm³/mol. The molecule has 3 aromatic rings. The lowest BCUT2D eigenvalue weighted by molar-refractivity contribution is 0.626. The molecule has 0 atom stereocenters. The summed E-state index contributed by atoms with van der Waals surface area (Å²) in [7, 11) is 0. The quantitative estimate of drug-likeness (QED) is 0.544. The molecule has 0 unspecified atom stereocenters. The lowest BCUT2D eigenvalue weighted by Crippen LogP contribution is -2.27. The van der Waals surface area contributed by atoms with E-state index in [1.54, 1.807) is 18.2 Å². The van der Waals surface area contributed by atoms with Gasteiger partial charge in [-0.25, -0.2) is 4.98 Å². The molecule has 0 amide bonds. The van der Waals surface area contributed by atoms with E-state index in [0.717, 1.165) is 16.9 Å². The van der Waals surface area contributed by atoms with Crippen molar-refractivity contribution in [1.82, 2.24) is 9.97 Å². The van der Waals surface area contributed by atoms with Crippen LogP contribution in [0, 0.1) is 0 Å². The molecule has 1 aromatic heterocycles. The van der Waals surface area contributed by atoms with Crippen LogP contribution in [0.2, 0.25) is 10.0 Å². The van der Waals surface area contributed by atoms with E-state index < -0.39 is 0 Å². The Morgan fingerprint density at radius 1 is 0.846 bits per heavy atom. The van der Waals surface area contributed by atoms with Crippen molar-refractivity contribution in [3.63, 3.8) is 0 Å². The van der Waals surface area contributed by atoms with Gasteiger partial charge in [0.25, 0.3) is 0 Å². The van der Waals surface area contributed by atoms with Gasteiger partial charge in [-0.2, -0.15) is 4.98 Å². The molecule has 0 saturated heterocycles. The Labute approximate surface area is 163 Å². The van der Waals surface area contributed by atoms with Crippen LogP contribution >= 0.6 is 23.2 Å². The molecule has 0 aliphatic carbocycles. The number of hydrogen-bond donors (Lipinski definition) is 2. The molecule has 134 valence electrons. The Morgan fingerprint density at radius 3 is 2.12 bits per heavy atom. The average Bonchev–Trinajstić information content (AvgIpc) is 2.53. The highest BCUT2D eigenvalue weighted by molar-refractivity contribution is 6.35. The molecule has 6 heteroatoms. The highest BCUT2D eigenvalue weighted by Crippen LogP contribution is 2.27. The molecular formula is C20H20Cl2N4. The molecule has 0 saturated carbocycles. The van der Waals surface area contributed by atoms with E-state index in [1.165, 1.54) is 0 Å². The molecule has 26 heavy (non-hydrogen) atoms. The van der Waals surface area contributed by atoms with Gasteiger partial charge in [0.05, 0.1) is 5.69 Å². The Balaban J connectivity index is 2.01. The normalized spacial score (nSPS) is 11.3. The number of nitrogens with zero attached hydrogens (tertiary/aromatic N) is 2. The smallest absolute Gasteiger partial charge is 0.225 e. The third-order valence-electron chi connectivity index (χ3n) is 3.42. The lowest BCUT2D eigenvalue weighted by atomic mass is 10.1. The van der Waals surface area contributed by atoms with Crippen LogP contribution in [0.15, 0.2) is 54.6 Å². The first-order chi connectivity index (χ1) is 12.3. The van der Waals surface area contributed by atoms with E-state index in [2.05, 4.69) is 41.4 Å². The van der Waals surface area contributed by atoms with Gasteiger partial charge in [-0.1, -0.05) is 53.5 Å². The van der Waals surface area contributed by atoms with Crippen molar-refractivity contribution in [2.45, 2.75) is 26.3 Å². The lowest BCUT2D eigenvalue weighted by Gasteiger charge is -2.21. The number of aromatic nitrogens is 2. The van der Waals surface area contributed by atoms with Crippen LogP contribution in [-0.2, 0) is 0 Å². The predicted octanol–water partition coefficient (Wildman–Crippen LogP) is 6.40. The molecule has 0 aliphatic rings. The molecule has 3 rings (SSSR count). The fourth-order valence-corrected chi connectivity index (χ4v) is 2.96. The van der Waals surface area contributed by atoms with Crippen LogP contribution in [-0.4, -0.2) is 15.5 Å². The SMILES string of the molecule is CC(C)(C)Nc1nc(Nc2cc(Cl)cc(Cl)c2)cc(-c2ccccc2)n1.